The van der Waals surface area contributed by atoms with Crippen LogP contribution in [0.1, 0.15) is 59.8 Å². The fourth-order valence-corrected chi connectivity index (χ4v) is 2.65. The molecule has 0 amide bonds. The van der Waals surface area contributed by atoms with Crippen molar-refractivity contribution in [2.75, 3.05) is 19.6 Å². The predicted octanol–water partition coefficient (Wildman–Crippen LogP) is 3.15. The van der Waals surface area contributed by atoms with E-state index in [1.165, 1.54) is 19.3 Å². The first-order chi connectivity index (χ1) is 7.16. The van der Waals surface area contributed by atoms with Crippen molar-refractivity contribution in [1.82, 2.24) is 0 Å². The lowest BCUT2D eigenvalue weighted by molar-refractivity contribution is -0.971. The average Bonchev–Trinajstić information content (AvgIpc) is 2.19. The van der Waals surface area contributed by atoms with Crippen LogP contribution in [0.3, 0.4) is 0 Å². The smallest absolute Gasteiger partial charge is 0.190 e. The highest BCUT2D eigenvalue weighted by molar-refractivity contribution is 4.50. The SMILES string of the molecule is CCCC(O)[N+](CCC)(CCC)CCC. The highest BCUT2D eigenvalue weighted by Gasteiger charge is 2.32. The van der Waals surface area contributed by atoms with Crippen molar-refractivity contribution < 1.29 is 9.59 Å². The van der Waals surface area contributed by atoms with Crippen LogP contribution in [-0.2, 0) is 0 Å². The molecule has 1 N–H and O–H groups in total. The lowest BCUT2D eigenvalue weighted by Crippen LogP contribution is -2.56. The van der Waals surface area contributed by atoms with Crippen molar-refractivity contribution in [3.05, 3.63) is 0 Å². The summed E-state index contributed by atoms with van der Waals surface area (Å²) in [6.07, 6.45) is 5.38. The maximum Gasteiger partial charge on any atom is 0.190 e. The van der Waals surface area contributed by atoms with Gasteiger partial charge in [0.2, 0.25) is 0 Å². The summed E-state index contributed by atoms with van der Waals surface area (Å²) in [4.78, 5) is 0. The lowest BCUT2D eigenvalue weighted by Gasteiger charge is -2.42. The van der Waals surface area contributed by atoms with Crippen LogP contribution in [0.2, 0.25) is 0 Å². The third-order valence-corrected chi connectivity index (χ3v) is 3.19. The largest absolute Gasteiger partial charge is 0.345 e. The molecular weight excluding hydrogens is 186 g/mol. The molecule has 0 aliphatic carbocycles. The number of quaternary nitrogens is 1. The van der Waals surface area contributed by atoms with E-state index in [2.05, 4.69) is 27.7 Å². The predicted molar refractivity (Wildman–Crippen MR) is 66.6 cm³/mol. The van der Waals surface area contributed by atoms with Crippen molar-refractivity contribution in [3.8, 4) is 0 Å². The minimum Gasteiger partial charge on any atom is -0.345 e. The molecule has 0 saturated heterocycles. The van der Waals surface area contributed by atoms with Crippen LogP contribution in [0.25, 0.3) is 0 Å². The van der Waals surface area contributed by atoms with E-state index in [1.54, 1.807) is 0 Å². The standard InChI is InChI=1S/C13H30NO/c1-5-9-13(15)14(10-6-2,11-7-3)12-8-4/h13,15H,5-12H2,1-4H3/q+1. The van der Waals surface area contributed by atoms with Gasteiger partial charge in [-0.2, -0.15) is 0 Å². The van der Waals surface area contributed by atoms with Crippen molar-refractivity contribution in [2.24, 2.45) is 0 Å². The Morgan fingerprint density at radius 3 is 1.47 bits per heavy atom. The van der Waals surface area contributed by atoms with Gasteiger partial charge in [-0.15, -0.1) is 0 Å². The molecule has 0 rings (SSSR count). The highest BCUT2D eigenvalue weighted by Crippen LogP contribution is 2.19. The average molecular weight is 216 g/mol. The van der Waals surface area contributed by atoms with Crippen LogP contribution < -0.4 is 0 Å². The van der Waals surface area contributed by atoms with Gasteiger partial charge < -0.3 is 5.11 Å². The summed E-state index contributed by atoms with van der Waals surface area (Å²) in [5.74, 6) is 0. The second kappa shape index (κ2) is 8.12. The van der Waals surface area contributed by atoms with Gasteiger partial charge in [-0.1, -0.05) is 27.7 Å². The third kappa shape index (κ3) is 4.52. The van der Waals surface area contributed by atoms with Gasteiger partial charge in [0.15, 0.2) is 6.23 Å². The summed E-state index contributed by atoms with van der Waals surface area (Å²) < 4.78 is 0.928. The van der Waals surface area contributed by atoms with Gasteiger partial charge in [-0.25, -0.2) is 0 Å². The van der Waals surface area contributed by atoms with Crippen molar-refractivity contribution in [3.63, 3.8) is 0 Å². The number of rotatable bonds is 9. The van der Waals surface area contributed by atoms with Gasteiger partial charge in [0.05, 0.1) is 19.6 Å². The van der Waals surface area contributed by atoms with Gasteiger partial charge >= 0.3 is 0 Å². The first kappa shape index (κ1) is 14.9. The Bertz CT molecular complexity index is 130. The highest BCUT2D eigenvalue weighted by atomic mass is 16.3. The molecule has 0 heterocycles. The van der Waals surface area contributed by atoms with E-state index in [1.807, 2.05) is 0 Å². The Balaban J connectivity index is 4.57. The number of nitrogens with zero attached hydrogens (tertiary/aromatic N) is 1. The fraction of sp³-hybridized carbons (Fsp3) is 1.00. The molecule has 2 nitrogen and oxygen atoms in total. The molecule has 0 fully saturated rings. The third-order valence-electron chi connectivity index (χ3n) is 3.19. The summed E-state index contributed by atoms with van der Waals surface area (Å²) in [6.45, 7) is 12.2. The number of aliphatic hydroxyl groups is 1. The number of hydrogen-bond acceptors (Lipinski definition) is 1. The molecule has 0 aromatic carbocycles. The van der Waals surface area contributed by atoms with E-state index in [0.717, 1.165) is 37.0 Å². The molecule has 0 aliphatic rings. The second-order valence-corrected chi connectivity index (χ2v) is 4.66. The Labute approximate surface area is 95.9 Å². The lowest BCUT2D eigenvalue weighted by atomic mass is 10.1. The second-order valence-electron chi connectivity index (χ2n) is 4.66. The summed E-state index contributed by atoms with van der Waals surface area (Å²) >= 11 is 0. The zero-order chi connectivity index (χ0) is 11.7. The molecule has 0 saturated carbocycles. The van der Waals surface area contributed by atoms with Gasteiger partial charge in [0.25, 0.3) is 0 Å². The molecule has 1 unspecified atom stereocenters. The summed E-state index contributed by atoms with van der Waals surface area (Å²) in [7, 11) is 0. The normalized spacial score (nSPS) is 14.2. The topological polar surface area (TPSA) is 20.2 Å². The van der Waals surface area contributed by atoms with Crippen LogP contribution in [0, 0.1) is 0 Å². The van der Waals surface area contributed by atoms with E-state index in [0.29, 0.717) is 0 Å². The molecular formula is C13H30NO+. The van der Waals surface area contributed by atoms with Crippen molar-refractivity contribution in [1.29, 1.82) is 0 Å². The molecule has 0 aromatic rings. The minimum absolute atomic E-state index is 0.144. The van der Waals surface area contributed by atoms with Crippen LogP contribution in [0.4, 0.5) is 0 Å². The van der Waals surface area contributed by atoms with Crippen molar-refractivity contribution >= 4 is 0 Å². The van der Waals surface area contributed by atoms with Crippen molar-refractivity contribution in [2.45, 2.75) is 66.0 Å². The van der Waals surface area contributed by atoms with Crippen LogP contribution in [-0.4, -0.2) is 35.5 Å². The Morgan fingerprint density at radius 2 is 1.20 bits per heavy atom. The number of hydrogen-bond donors (Lipinski definition) is 1. The van der Waals surface area contributed by atoms with Crippen LogP contribution >= 0.6 is 0 Å². The maximum absolute atomic E-state index is 10.3. The van der Waals surface area contributed by atoms with Gasteiger partial charge in [-0.05, 0) is 25.7 Å². The molecule has 0 radical (unpaired) electrons. The van der Waals surface area contributed by atoms with Crippen LogP contribution in [0.15, 0.2) is 0 Å². The van der Waals surface area contributed by atoms with E-state index in [-0.39, 0.29) is 6.23 Å². The zero-order valence-electron chi connectivity index (χ0n) is 11.1. The summed E-state index contributed by atoms with van der Waals surface area (Å²) in [6, 6.07) is 0. The number of aliphatic hydroxyl groups excluding tert-OH is 1. The molecule has 1 atom stereocenters. The molecule has 92 valence electrons. The Hall–Kier alpha value is -0.0800. The van der Waals surface area contributed by atoms with Crippen LogP contribution in [0.5, 0.6) is 0 Å². The summed E-state index contributed by atoms with van der Waals surface area (Å²) in [5, 5.41) is 10.3. The Kier molecular flexibility index (Phi) is 8.07. The first-order valence-electron chi connectivity index (χ1n) is 6.70. The quantitative estimate of drug-likeness (QED) is 0.464. The van der Waals surface area contributed by atoms with E-state index < -0.39 is 0 Å². The molecule has 0 aliphatic heterocycles. The Morgan fingerprint density at radius 1 is 0.800 bits per heavy atom. The van der Waals surface area contributed by atoms with Gasteiger partial charge in [0, 0.05) is 6.42 Å². The maximum atomic E-state index is 10.3. The molecule has 0 bridgehead atoms. The zero-order valence-corrected chi connectivity index (χ0v) is 11.1. The molecule has 0 spiro atoms. The first-order valence-corrected chi connectivity index (χ1v) is 6.70. The van der Waals surface area contributed by atoms with E-state index in [4.69, 9.17) is 0 Å². The molecule has 2 heteroatoms. The fourth-order valence-electron chi connectivity index (χ4n) is 2.65. The van der Waals surface area contributed by atoms with E-state index in [9.17, 15) is 5.11 Å². The molecule has 0 aromatic heterocycles. The summed E-state index contributed by atoms with van der Waals surface area (Å²) in [5.41, 5.74) is 0. The monoisotopic (exact) mass is 216 g/mol. The minimum atomic E-state index is -0.144. The van der Waals surface area contributed by atoms with Gasteiger partial charge in [-0.3, -0.25) is 4.48 Å². The van der Waals surface area contributed by atoms with Gasteiger partial charge in [0.1, 0.15) is 0 Å². The molecule has 15 heavy (non-hydrogen) atoms. The van der Waals surface area contributed by atoms with E-state index >= 15 is 0 Å².